The topological polar surface area (TPSA) is 49.3 Å². The molecule has 2 N–H and O–H groups in total. The summed E-state index contributed by atoms with van der Waals surface area (Å²) in [6, 6.07) is 8.24. The van der Waals surface area contributed by atoms with Crippen LogP contribution in [-0.2, 0) is 17.8 Å². The molecule has 2 rings (SSSR count). The Morgan fingerprint density at radius 1 is 1.19 bits per heavy atom. The Morgan fingerprint density at radius 3 is 2.69 bits per heavy atom. The number of allylic oxidation sites excluding steroid dienone is 1. The molecule has 84 valence electrons. The Hall–Kier alpha value is -1.61. The number of nitrogens with one attached hydrogen (secondary N) is 1. The highest BCUT2D eigenvalue weighted by Crippen LogP contribution is 2.13. The van der Waals surface area contributed by atoms with Gasteiger partial charge in [0.25, 0.3) is 0 Å². The summed E-state index contributed by atoms with van der Waals surface area (Å²) in [5.41, 5.74) is 3.04. The summed E-state index contributed by atoms with van der Waals surface area (Å²) in [5.74, 6) is -0.821. The lowest BCUT2D eigenvalue weighted by Gasteiger charge is -2.07. The number of aliphatic carboxylic acids is 1. The van der Waals surface area contributed by atoms with Crippen molar-refractivity contribution in [1.82, 2.24) is 5.32 Å². The molecule has 0 unspecified atom stereocenters. The Labute approximate surface area is 94.8 Å². The van der Waals surface area contributed by atoms with Gasteiger partial charge in [-0.05, 0) is 24.0 Å². The van der Waals surface area contributed by atoms with Crippen LogP contribution < -0.4 is 5.32 Å². The van der Waals surface area contributed by atoms with Gasteiger partial charge in [0.2, 0.25) is 0 Å². The van der Waals surface area contributed by atoms with E-state index >= 15 is 0 Å². The fourth-order valence-electron chi connectivity index (χ4n) is 1.94. The maximum absolute atomic E-state index is 10.9. The second kappa shape index (κ2) is 4.94. The normalized spacial score (nSPS) is 19.6. The molecule has 1 aromatic rings. The van der Waals surface area contributed by atoms with E-state index in [2.05, 4.69) is 17.4 Å². The number of carboxylic acids is 1. The van der Waals surface area contributed by atoms with Gasteiger partial charge in [0, 0.05) is 18.7 Å². The maximum Gasteiger partial charge on any atom is 0.332 e. The summed E-state index contributed by atoms with van der Waals surface area (Å²) in [6.07, 6.45) is 3.52. The number of hydrogen-bond acceptors (Lipinski definition) is 2. The molecule has 0 saturated carbocycles. The molecule has 0 saturated heterocycles. The van der Waals surface area contributed by atoms with Crippen LogP contribution in [0.4, 0.5) is 0 Å². The fourth-order valence-corrected chi connectivity index (χ4v) is 1.94. The summed E-state index contributed by atoms with van der Waals surface area (Å²) in [4.78, 5) is 10.9. The standard InChI is InChI=1S/C13H15NO2/c15-13(16)12-7-3-6-10-4-1-2-5-11(10)8-14-9-12/h1-2,4-5,7,14H,3,6,8-9H2,(H,15,16)/b12-7+. The van der Waals surface area contributed by atoms with E-state index in [4.69, 9.17) is 5.11 Å². The lowest BCUT2D eigenvalue weighted by atomic mass is 10.0. The molecule has 16 heavy (non-hydrogen) atoms. The van der Waals surface area contributed by atoms with Gasteiger partial charge in [-0.3, -0.25) is 0 Å². The molecular formula is C13H15NO2. The third kappa shape index (κ3) is 2.49. The van der Waals surface area contributed by atoms with Crippen LogP contribution in [0.5, 0.6) is 0 Å². The zero-order valence-corrected chi connectivity index (χ0v) is 9.07. The van der Waals surface area contributed by atoms with Crippen molar-refractivity contribution in [2.75, 3.05) is 6.54 Å². The Bertz CT molecular complexity index is 424. The minimum Gasteiger partial charge on any atom is -0.478 e. The van der Waals surface area contributed by atoms with Gasteiger partial charge in [-0.1, -0.05) is 30.3 Å². The molecule has 1 heterocycles. The highest BCUT2D eigenvalue weighted by atomic mass is 16.4. The average molecular weight is 217 g/mol. The number of fused-ring (bicyclic) bond motifs is 1. The molecule has 0 bridgehead atoms. The predicted octanol–water partition coefficient (Wildman–Crippen LogP) is 1.73. The quantitative estimate of drug-likeness (QED) is 0.753. The number of benzene rings is 1. The minimum absolute atomic E-state index is 0.434. The van der Waals surface area contributed by atoms with Crippen LogP contribution in [0.1, 0.15) is 17.5 Å². The largest absolute Gasteiger partial charge is 0.478 e. The van der Waals surface area contributed by atoms with Crippen LogP contribution in [0.3, 0.4) is 0 Å². The van der Waals surface area contributed by atoms with E-state index in [0.717, 1.165) is 19.4 Å². The number of carboxylic acid groups (broad SMARTS) is 1. The molecule has 0 aromatic heterocycles. The van der Waals surface area contributed by atoms with E-state index in [0.29, 0.717) is 12.1 Å². The number of rotatable bonds is 1. The van der Waals surface area contributed by atoms with Crippen LogP contribution in [0.2, 0.25) is 0 Å². The monoisotopic (exact) mass is 217 g/mol. The minimum atomic E-state index is -0.821. The van der Waals surface area contributed by atoms with Gasteiger partial charge in [0.1, 0.15) is 0 Å². The van der Waals surface area contributed by atoms with E-state index in [1.165, 1.54) is 11.1 Å². The van der Waals surface area contributed by atoms with Crippen LogP contribution in [0.25, 0.3) is 0 Å². The highest BCUT2D eigenvalue weighted by Gasteiger charge is 2.09. The van der Waals surface area contributed by atoms with Crippen molar-refractivity contribution in [3.8, 4) is 0 Å². The van der Waals surface area contributed by atoms with Gasteiger partial charge in [-0.15, -0.1) is 0 Å². The van der Waals surface area contributed by atoms with E-state index in [1.807, 2.05) is 18.2 Å². The van der Waals surface area contributed by atoms with Gasteiger partial charge in [-0.2, -0.15) is 0 Å². The second-order valence-corrected chi connectivity index (χ2v) is 3.95. The highest BCUT2D eigenvalue weighted by molar-refractivity contribution is 5.87. The predicted molar refractivity (Wildman–Crippen MR) is 62.2 cm³/mol. The number of hydrogen-bond donors (Lipinski definition) is 2. The summed E-state index contributed by atoms with van der Waals surface area (Å²) >= 11 is 0. The number of carbonyl (C=O) groups is 1. The Morgan fingerprint density at radius 2 is 1.94 bits per heavy atom. The molecule has 1 aliphatic heterocycles. The van der Waals surface area contributed by atoms with Gasteiger partial charge >= 0.3 is 5.97 Å². The van der Waals surface area contributed by atoms with E-state index in [-0.39, 0.29) is 0 Å². The summed E-state index contributed by atoms with van der Waals surface area (Å²) in [5, 5.41) is 12.1. The average Bonchev–Trinajstić information content (AvgIpc) is 2.38. The van der Waals surface area contributed by atoms with Crippen molar-refractivity contribution in [1.29, 1.82) is 0 Å². The van der Waals surface area contributed by atoms with Crippen molar-refractivity contribution in [3.63, 3.8) is 0 Å². The molecule has 0 amide bonds. The SMILES string of the molecule is O=C(O)/C1=C/CCc2ccccc2CNC1. The van der Waals surface area contributed by atoms with Crippen LogP contribution >= 0.6 is 0 Å². The first-order chi connectivity index (χ1) is 7.77. The van der Waals surface area contributed by atoms with Crippen molar-refractivity contribution in [3.05, 3.63) is 47.0 Å². The number of aryl methyl sites for hydroxylation is 1. The molecule has 0 atom stereocenters. The summed E-state index contributed by atoms with van der Waals surface area (Å²) in [6.45, 7) is 1.17. The van der Waals surface area contributed by atoms with E-state index < -0.39 is 5.97 Å². The van der Waals surface area contributed by atoms with Crippen LogP contribution in [0, 0.1) is 0 Å². The first-order valence-electron chi connectivity index (χ1n) is 5.47. The molecule has 3 nitrogen and oxygen atoms in total. The van der Waals surface area contributed by atoms with Gasteiger partial charge in [0.15, 0.2) is 0 Å². The molecule has 0 fully saturated rings. The zero-order chi connectivity index (χ0) is 11.4. The molecule has 0 aliphatic carbocycles. The van der Waals surface area contributed by atoms with Gasteiger partial charge in [-0.25, -0.2) is 4.79 Å². The molecular weight excluding hydrogens is 202 g/mol. The van der Waals surface area contributed by atoms with Crippen molar-refractivity contribution in [2.24, 2.45) is 0 Å². The third-order valence-corrected chi connectivity index (χ3v) is 2.83. The Balaban J connectivity index is 2.18. The maximum atomic E-state index is 10.9. The van der Waals surface area contributed by atoms with Crippen LogP contribution in [-0.4, -0.2) is 17.6 Å². The third-order valence-electron chi connectivity index (χ3n) is 2.83. The smallest absolute Gasteiger partial charge is 0.332 e. The first kappa shape index (κ1) is 10.9. The zero-order valence-electron chi connectivity index (χ0n) is 9.07. The van der Waals surface area contributed by atoms with Gasteiger partial charge < -0.3 is 10.4 Å². The van der Waals surface area contributed by atoms with Crippen LogP contribution in [0.15, 0.2) is 35.9 Å². The van der Waals surface area contributed by atoms with Crippen molar-refractivity contribution < 1.29 is 9.90 Å². The molecule has 0 radical (unpaired) electrons. The van der Waals surface area contributed by atoms with E-state index in [1.54, 1.807) is 0 Å². The first-order valence-corrected chi connectivity index (χ1v) is 5.47. The molecule has 1 aliphatic rings. The lowest BCUT2D eigenvalue weighted by molar-refractivity contribution is -0.132. The molecule has 3 heteroatoms. The second-order valence-electron chi connectivity index (χ2n) is 3.95. The molecule has 0 spiro atoms. The lowest BCUT2D eigenvalue weighted by Crippen LogP contribution is -2.20. The van der Waals surface area contributed by atoms with Gasteiger partial charge in [0.05, 0.1) is 0 Å². The van der Waals surface area contributed by atoms with E-state index in [9.17, 15) is 4.79 Å². The van der Waals surface area contributed by atoms with Crippen molar-refractivity contribution >= 4 is 5.97 Å². The Kier molecular flexibility index (Phi) is 3.37. The summed E-state index contributed by atoms with van der Waals surface area (Å²) in [7, 11) is 0. The van der Waals surface area contributed by atoms with Crippen molar-refractivity contribution in [2.45, 2.75) is 19.4 Å². The summed E-state index contributed by atoms with van der Waals surface area (Å²) < 4.78 is 0. The fraction of sp³-hybridized carbons (Fsp3) is 0.308. The molecule has 1 aromatic carbocycles.